The van der Waals surface area contributed by atoms with Crippen LogP contribution < -0.4 is 15.2 Å². The normalized spacial score (nSPS) is 12.9. The number of primary amides is 1. The van der Waals surface area contributed by atoms with Crippen molar-refractivity contribution < 1.29 is 14.3 Å². The summed E-state index contributed by atoms with van der Waals surface area (Å²) in [5.74, 6) is 0.902. The maximum Gasteiger partial charge on any atom is 0.267 e. The Bertz CT molecular complexity index is 649. The van der Waals surface area contributed by atoms with Gasteiger partial charge in [-0.1, -0.05) is 0 Å². The molecule has 6 heteroatoms. The highest BCUT2D eigenvalue weighted by atomic mass is 16.5. The number of fused-ring (bicyclic) bond motifs is 3. The van der Waals surface area contributed by atoms with Crippen LogP contribution in [-0.2, 0) is 6.42 Å². The second-order valence-corrected chi connectivity index (χ2v) is 4.25. The summed E-state index contributed by atoms with van der Waals surface area (Å²) >= 11 is 0. The Morgan fingerprint density at radius 1 is 1.53 bits per heavy atom. The van der Waals surface area contributed by atoms with Crippen molar-refractivity contribution in [2.24, 2.45) is 5.73 Å². The number of aromatic amines is 1. The number of carbonyl (C=O) groups excluding carboxylic acids is 1. The van der Waals surface area contributed by atoms with Crippen LogP contribution in [0.4, 0.5) is 0 Å². The number of nitrogens with two attached hydrogens (primary N) is 1. The van der Waals surface area contributed by atoms with Crippen LogP contribution in [0, 0.1) is 0 Å². The number of nitrogens with zero attached hydrogens (tertiary/aromatic N) is 1. The molecule has 0 unspecified atom stereocenters. The minimum absolute atomic E-state index is 0.349. The molecule has 2 heterocycles. The Morgan fingerprint density at radius 3 is 3.11 bits per heavy atom. The quantitative estimate of drug-likeness (QED) is 0.845. The summed E-state index contributed by atoms with van der Waals surface area (Å²) in [6.45, 7) is 0.465. The Labute approximate surface area is 109 Å². The number of H-pyrrole nitrogens is 1. The van der Waals surface area contributed by atoms with E-state index in [9.17, 15) is 4.79 Å². The minimum atomic E-state index is -0.509. The average Bonchev–Trinajstić information content (AvgIpc) is 2.74. The molecule has 0 fully saturated rings. The zero-order chi connectivity index (χ0) is 13.4. The van der Waals surface area contributed by atoms with E-state index in [-0.39, 0.29) is 0 Å². The second-order valence-electron chi connectivity index (χ2n) is 4.25. The van der Waals surface area contributed by atoms with Crippen LogP contribution in [0.3, 0.4) is 0 Å². The zero-order valence-electron chi connectivity index (χ0n) is 10.4. The Kier molecular flexibility index (Phi) is 2.63. The standard InChI is InChI=1S/C13H13N3O3/c1-18-7-2-3-8-10(6-7)19-5-4-9-11(8)15-16-12(9)13(14)17/h2-3,6H,4-5H2,1H3,(H2,14,17)(H,15,16). The fourth-order valence-corrected chi connectivity index (χ4v) is 2.24. The van der Waals surface area contributed by atoms with Gasteiger partial charge in [0.25, 0.3) is 5.91 Å². The van der Waals surface area contributed by atoms with Gasteiger partial charge in [-0.25, -0.2) is 0 Å². The summed E-state index contributed by atoms with van der Waals surface area (Å²) < 4.78 is 10.9. The number of methoxy groups -OCH3 is 1. The number of carbonyl (C=O) groups is 1. The SMILES string of the molecule is COc1ccc2c(c1)OCCc1c-2n[nH]c1C(N)=O. The molecule has 1 aliphatic heterocycles. The van der Waals surface area contributed by atoms with Crippen molar-refractivity contribution in [1.82, 2.24) is 10.2 Å². The van der Waals surface area contributed by atoms with Crippen molar-refractivity contribution >= 4 is 5.91 Å². The first-order chi connectivity index (χ1) is 9.20. The average molecular weight is 259 g/mol. The van der Waals surface area contributed by atoms with Crippen LogP contribution in [0.5, 0.6) is 11.5 Å². The van der Waals surface area contributed by atoms with Crippen LogP contribution in [0.15, 0.2) is 18.2 Å². The number of rotatable bonds is 2. The van der Waals surface area contributed by atoms with Gasteiger partial charge in [-0.3, -0.25) is 9.89 Å². The maximum absolute atomic E-state index is 11.3. The van der Waals surface area contributed by atoms with E-state index in [2.05, 4.69) is 10.2 Å². The van der Waals surface area contributed by atoms with Gasteiger partial charge in [0.15, 0.2) is 0 Å². The van der Waals surface area contributed by atoms with Crippen LogP contribution in [0.2, 0.25) is 0 Å². The van der Waals surface area contributed by atoms with E-state index in [4.69, 9.17) is 15.2 Å². The van der Waals surface area contributed by atoms with Crippen molar-refractivity contribution in [2.75, 3.05) is 13.7 Å². The van der Waals surface area contributed by atoms with E-state index in [1.165, 1.54) is 0 Å². The van der Waals surface area contributed by atoms with E-state index < -0.39 is 5.91 Å². The molecule has 19 heavy (non-hydrogen) atoms. The van der Waals surface area contributed by atoms with Gasteiger partial charge in [-0.2, -0.15) is 5.10 Å². The third-order valence-electron chi connectivity index (χ3n) is 3.17. The second kappa shape index (κ2) is 4.31. The maximum atomic E-state index is 11.3. The van der Waals surface area contributed by atoms with Crippen LogP contribution in [0.25, 0.3) is 11.3 Å². The zero-order valence-corrected chi connectivity index (χ0v) is 10.4. The van der Waals surface area contributed by atoms with Gasteiger partial charge in [0.1, 0.15) is 17.2 Å². The van der Waals surface area contributed by atoms with E-state index >= 15 is 0 Å². The first kappa shape index (κ1) is 11.6. The highest BCUT2D eigenvalue weighted by Gasteiger charge is 2.23. The number of amides is 1. The predicted octanol–water partition coefficient (Wildman–Crippen LogP) is 1.12. The number of ether oxygens (including phenoxy) is 2. The van der Waals surface area contributed by atoms with Crippen molar-refractivity contribution in [3.63, 3.8) is 0 Å². The fraction of sp³-hybridized carbons (Fsp3) is 0.231. The highest BCUT2D eigenvalue weighted by molar-refractivity contribution is 5.94. The van der Waals surface area contributed by atoms with Crippen molar-refractivity contribution in [3.8, 4) is 22.8 Å². The molecule has 0 bridgehead atoms. The van der Waals surface area contributed by atoms with E-state index in [0.29, 0.717) is 35.9 Å². The van der Waals surface area contributed by atoms with E-state index in [1.807, 2.05) is 18.2 Å². The molecule has 6 nitrogen and oxygen atoms in total. The first-order valence-corrected chi connectivity index (χ1v) is 5.89. The lowest BCUT2D eigenvalue weighted by Gasteiger charge is -2.08. The van der Waals surface area contributed by atoms with Gasteiger partial charge in [0.2, 0.25) is 0 Å². The molecule has 3 N–H and O–H groups in total. The number of nitrogens with one attached hydrogen (secondary N) is 1. The van der Waals surface area contributed by atoms with Gasteiger partial charge >= 0.3 is 0 Å². The van der Waals surface area contributed by atoms with Gasteiger partial charge in [-0.05, 0) is 12.1 Å². The number of hydrogen-bond donors (Lipinski definition) is 2. The van der Waals surface area contributed by atoms with Gasteiger partial charge < -0.3 is 15.2 Å². The van der Waals surface area contributed by atoms with Crippen molar-refractivity contribution in [1.29, 1.82) is 0 Å². The van der Waals surface area contributed by atoms with Crippen molar-refractivity contribution in [2.45, 2.75) is 6.42 Å². The summed E-state index contributed by atoms with van der Waals surface area (Å²) in [6, 6.07) is 5.50. The first-order valence-electron chi connectivity index (χ1n) is 5.89. The highest BCUT2D eigenvalue weighted by Crippen LogP contribution is 2.37. The van der Waals surface area contributed by atoms with E-state index in [1.54, 1.807) is 7.11 Å². The summed E-state index contributed by atoms with van der Waals surface area (Å²) in [5.41, 5.74) is 8.02. The molecule has 0 saturated carbocycles. The Morgan fingerprint density at radius 2 is 2.37 bits per heavy atom. The molecule has 1 aromatic heterocycles. The molecule has 0 atom stereocenters. The summed E-state index contributed by atoms with van der Waals surface area (Å²) in [5, 5.41) is 6.89. The smallest absolute Gasteiger partial charge is 0.267 e. The Balaban J connectivity index is 2.17. The summed E-state index contributed by atoms with van der Waals surface area (Å²) in [6.07, 6.45) is 0.584. The number of hydrogen-bond acceptors (Lipinski definition) is 4. The molecule has 0 aliphatic carbocycles. The van der Waals surface area contributed by atoms with E-state index in [0.717, 1.165) is 11.1 Å². The number of benzene rings is 1. The van der Waals surface area contributed by atoms with Crippen LogP contribution in [-0.4, -0.2) is 29.8 Å². The largest absolute Gasteiger partial charge is 0.497 e. The lowest BCUT2D eigenvalue weighted by molar-refractivity contribution is 0.0994. The molecule has 1 aromatic carbocycles. The van der Waals surface area contributed by atoms with Gasteiger partial charge in [0.05, 0.1) is 19.4 Å². The van der Waals surface area contributed by atoms with Crippen LogP contribution >= 0.6 is 0 Å². The third-order valence-corrected chi connectivity index (χ3v) is 3.17. The van der Waals surface area contributed by atoms with Crippen LogP contribution in [0.1, 0.15) is 16.1 Å². The lowest BCUT2D eigenvalue weighted by Crippen LogP contribution is -2.14. The summed E-state index contributed by atoms with van der Waals surface area (Å²) in [7, 11) is 1.60. The molecular weight excluding hydrogens is 246 g/mol. The topological polar surface area (TPSA) is 90.2 Å². The monoisotopic (exact) mass is 259 g/mol. The molecule has 0 radical (unpaired) electrons. The fourth-order valence-electron chi connectivity index (χ4n) is 2.24. The van der Waals surface area contributed by atoms with Gasteiger partial charge in [-0.15, -0.1) is 0 Å². The molecule has 1 amide bonds. The third kappa shape index (κ3) is 1.81. The minimum Gasteiger partial charge on any atom is -0.497 e. The molecule has 0 saturated heterocycles. The molecule has 0 spiro atoms. The molecule has 98 valence electrons. The van der Waals surface area contributed by atoms with Gasteiger partial charge in [0, 0.05) is 23.6 Å². The summed E-state index contributed by atoms with van der Waals surface area (Å²) in [4.78, 5) is 11.3. The number of aromatic nitrogens is 2. The predicted molar refractivity (Wildman–Crippen MR) is 68.3 cm³/mol. The lowest BCUT2D eigenvalue weighted by atomic mass is 10.0. The molecular formula is C13H13N3O3. The molecule has 3 rings (SSSR count). The van der Waals surface area contributed by atoms with Crippen molar-refractivity contribution in [3.05, 3.63) is 29.5 Å². The molecule has 2 aromatic rings. The molecule has 1 aliphatic rings. The Hall–Kier alpha value is -2.50.